The van der Waals surface area contributed by atoms with E-state index in [9.17, 15) is 5.11 Å². The van der Waals surface area contributed by atoms with Crippen LogP contribution in [0.1, 0.15) is 80.0 Å². The van der Waals surface area contributed by atoms with Crippen LogP contribution in [0.2, 0.25) is 0 Å². The zero-order valence-corrected chi connectivity index (χ0v) is 22.6. The molecule has 1 aliphatic rings. The van der Waals surface area contributed by atoms with Gasteiger partial charge in [-0.05, 0) is 49.8 Å². The Balaban J connectivity index is 1.28. The summed E-state index contributed by atoms with van der Waals surface area (Å²) in [6.07, 6.45) is 6.08. The standard InChI is InChI=1S/C29H40N6O2/c1-5-24-17-25-18-34(15-13-28(25)30-27(24)6-2)14-12-21(3)32-37-22(4)29-19-35(33-31-29)26(20-36)16-23-10-8-7-9-11-23/h7-11,17,19,22,26,36H,5-6,12-16,18,20H2,1-4H3/b32-21+/t22-,26-/m0/s1. The van der Waals surface area contributed by atoms with Crippen molar-refractivity contribution < 1.29 is 9.94 Å². The predicted octanol–water partition coefficient (Wildman–Crippen LogP) is 4.48. The first-order valence-electron chi connectivity index (χ1n) is 13.5. The summed E-state index contributed by atoms with van der Waals surface area (Å²) >= 11 is 0. The van der Waals surface area contributed by atoms with Crippen molar-refractivity contribution in [2.45, 2.75) is 78.5 Å². The molecule has 3 heterocycles. The molecule has 0 saturated carbocycles. The first-order valence-corrected chi connectivity index (χ1v) is 13.5. The van der Waals surface area contributed by atoms with Gasteiger partial charge in [0, 0.05) is 43.9 Å². The molecule has 0 fully saturated rings. The molecule has 3 aromatic rings. The third kappa shape index (κ3) is 7.02. The molecule has 198 valence electrons. The van der Waals surface area contributed by atoms with Gasteiger partial charge in [0.15, 0.2) is 6.10 Å². The molecular weight excluding hydrogens is 464 g/mol. The first-order chi connectivity index (χ1) is 18.0. The number of hydrogen-bond donors (Lipinski definition) is 1. The molecule has 37 heavy (non-hydrogen) atoms. The average molecular weight is 505 g/mol. The highest BCUT2D eigenvalue weighted by atomic mass is 16.6. The molecule has 0 radical (unpaired) electrons. The molecule has 1 N–H and O–H groups in total. The highest BCUT2D eigenvalue weighted by molar-refractivity contribution is 5.81. The van der Waals surface area contributed by atoms with Crippen molar-refractivity contribution in [3.05, 3.63) is 76.4 Å². The van der Waals surface area contributed by atoms with Gasteiger partial charge in [0.1, 0.15) is 5.69 Å². The number of pyridine rings is 1. The largest absolute Gasteiger partial charge is 0.394 e. The molecular formula is C29H40N6O2. The molecule has 4 rings (SSSR count). The number of aliphatic hydroxyl groups is 1. The van der Waals surface area contributed by atoms with Gasteiger partial charge in [-0.25, -0.2) is 4.68 Å². The zero-order chi connectivity index (χ0) is 26.2. The minimum absolute atomic E-state index is 0.0131. The third-order valence-electron chi connectivity index (χ3n) is 7.13. The lowest BCUT2D eigenvalue weighted by molar-refractivity contribution is 0.0683. The van der Waals surface area contributed by atoms with E-state index >= 15 is 0 Å². The Labute approximate surface area is 220 Å². The summed E-state index contributed by atoms with van der Waals surface area (Å²) in [6, 6.07) is 12.3. The number of rotatable bonds is 12. The van der Waals surface area contributed by atoms with Gasteiger partial charge >= 0.3 is 0 Å². The number of aromatic nitrogens is 4. The van der Waals surface area contributed by atoms with Crippen LogP contribution in [0.4, 0.5) is 0 Å². The number of fused-ring (bicyclic) bond motifs is 1. The Hall–Kier alpha value is -3.10. The van der Waals surface area contributed by atoms with Crippen LogP contribution in [0.3, 0.4) is 0 Å². The van der Waals surface area contributed by atoms with Crippen LogP contribution >= 0.6 is 0 Å². The van der Waals surface area contributed by atoms with E-state index in [2.05, 4.69) is 40.3 Å². The number of benzene rings is 1. The second kappa shape index (κ2) is 12.9. The normalized spacial score (nSPS) is 15.9. The number of hydrogen-bond acceptors (Lipinski definition) is 7. The Morgan fingerprint density at radius 2 is 2.00 bits per heavy atom. The molecule has 8 nitrogen and oxygen atoms in total. The maximum Gasteiger partial charge on any atom is 0.169 e. The minimum atomic E-state index is -0.326. The van der Waals surface area contributed by atoms with Gasteiger partial charge in [-0.2, -0.15) is 0 Å². The van der Waals surface area contributed by atoms with Gasteiger partial charge in [-0.1, -0.05) is 60.6 Å². The molecule has 1 aliphatic heterocycles. The van der Waals surface area contributed by atoms with Crippen molar-refractivity contribution in [2.24, 2.45) is 5.16 Å². The predicted molar refractivity (Wildman–Crippen MR) is 145 cm³/mol. The fourth-order valence-electron chi connectivity index (χ4n) is 4.80. The smallest absolute Gasteiger partial charge is 0.169 e. The fraction of sp³-hybridized carbons (Fsp3) is 0.517. The quantitative estimate of drug-likeness (QED) is 0.289. The lowest BCUT2D eigenvalue weighted by atomic mass is 9.99. The number of aliphatic hydroxyl groups excluding tert-OH is 1. The molecule has 0 bridgehead atoms. The first kappa shape index (κ1) is 26.9. The number of aryl methyl sites for hydroxylation is 2. The molecule has 2 aromatic heterocycles. The molecule has 0 unspecified atom stereocenters. The molecule has 1 aromatic carbocycles. The van der Waals surface area contributed by atoms with Crippen LogP contribution in [-0.2, 0) is 37.1 Å². The van der Waals surface area contributed by atoms with Crippen molar-refractivity contribution in [3.63, 3.8) is 0 Å². The summed E-state index contributed by atoms with van der Waals surface area (Å²) in [5.41, 5.74) is 8.08. The molecule has 0 aliphatic carbocycles. The highest BCUT2D eigenvalue weighted by Gasteiger charge is 2.20. The van der Waals surface area contributed by atoms with E-state index in [0.717, 1.165) is 56.6 Å². The summed E-state index contributed by atoms with van der Waals surface area (Å²) < 4.78 is 1.72. The topological polar surface area (TPSA) is 88.7 Å². The molecule has 0 amide bonds. The molecule has 0 saturated heterocycles. The lowest BCUT2D eigenvalue weighted by Gasteiger charge is -2.29. The second-order valence-electron chi connectivity index (χ2n) is 9.91. The Morgan fingerprint density at radius 1 is 1.19 bits per heavy atom. The van der Waals surface area contributed by atoms with Crippen LogP contribution in [0.15, 0.2) is 47.8 Å². The fourth-order valence-corrected chi connectivity index (χ4v) is 4.80. The lowest BCUT2D eigenvalue weighted by Crippen LogP contribution is -2.33. The van der Waals surface area contributed by atoms with Gasteiger partial charge in [-0.15, -0.1) is 5.10 Å². The molecule has 8 heteroatoms. The Kier molecular flexibility index (Phi) is 9.41. The van der Waals surface area contributed by atoms with Gasteiger partial charge in [0.25, 0.3) is 0 Å². The summed E-state index contributed by atoms with van der Waals surface area (Å²) in [4.78, 5) is 13.2. The van der Waals surface area contributed by atoms with Crippen LogP contribution in [0, 0.1) is 0 Å². The monoisotopic (exact) mass is 504 g/mol. The SMILES string of the molecule is CCc1cc2c(nc1CC)CCN(CC/C(C)=N/O[C@@H](C)c1cn([C@H](CO)Cc3ccccc3)nn1)C2. The summed E-state index contributed by atoms with van der Waals surface area (Å²) in [7, 11) is 0. The summed E-state index contributed by atoms with van der Waals surface area (Å²) in [6.45, 7) is 11.2. The van der Waals surface area contributed by atoms with Crippen molar-refractivity contribution in [1.82, 2.24) is 24.9 Å². The van der Waals surface area contributed by atoms with Gasteiger partial charge in [0.2, 0.25) is 0 Å². The highest BCUT2D eigenvalue weighted by Crippen LogP contribution is 2.22. The maximum absolute atomic E-state index is 9.89. The summed E-state index contributed by atoms with van der Waals surface area (Å²) in [5, 5.41) is 22.8. The van der Waals surface area contributed by atoms with E-state index in [0.29, 0.717) is 12.1 Å². The van der Waals surface area contributed by atoms with Crippen molar-refractivity contribution in [3.8, 4) is 0 Å². The van der Waals surface area contributed by atoms with Crippen LogP contribution in [0.5, 0.6) is 0 Å². The minimum Gasteiger partial charge on any atom is -0.394 e. The van der Waals surface area contributed by atoms with Crippen molar-refractivity contribution in [2.75, 3.05) is 19.7 Å². The van der Waals surface area contributed by atoms with Crippen LogP contribution in [-0.4, -0.2) is 55.4 Å². The molecule has 2 atom stereocenters. The zero-order valence-electron chi connectivity index (χ0n) is 22.6. The Morgan fingerprint density at radius 3 is 2.73 bits per heavy atom. The van der Waals surface area contributed by atoms with E-state index in [4.69, 9.17) is 9.82 Å². The van der Waals surface area contributed by atoms with Crippen LogP contribution < -0.4 is 0 Å². The second-order valence-corrected chi connectivity index (χ2v) is 9.91. The van der Waals surface area contributed by atoms with Crippen molar-refractivity contribution in [1.29, 1.82) is 0 Å². The average Bonchev–Trinajstić information content (AvgIpc) is 3.43. The molecule has 0 spiro atoms. The van der Waals surface area contributed by atoms with E-state index < -0.39 is 0 Å². The number of oxime groups is 1. The summed E-state index contributed by atoms with van der Waals surface area (Å²) in [5.74, 6) is 0. The Bertz CT molecular complexity index is 1180. The van der Waals surface area contributed by atoms with Crippen LogP contribution in [0.25, 0.3) is 0 Å². The van der Waals surface area contributed by atoms with Gasteiger partial charge < -0.3 is 9.94 Å². The van der Waals surface area contributed by atoms with Gasteiger partial charge in [-0.3, -0.25) is 9.88 Å². The van der Waals surface area contributed by atoms with Gasteiger partial charge in [0.05, 0.1) is 24.6 Å². The van der Waals surface area contributed by atoms with E-state index in [1.165, 1.54) is 22.5 Å². The van der Waals surface area contributed by atoms with E-state index in [-0.39, 0.29) is 18.8 Å². The number of nitrogens with zero attached hydrogens (tertiary/aromatic N) is 6. The van der Waals surface area contributed by atoms with E-state index in [1.807, 2.05) is 50.4 Å². The van der Waals surface area contributed by atoms with Crippen molar-refractivity contribution >= 4 is 5.71 Å². The van der Waals surface area contributed by atoms with E-state index in [1.54, 1.807) is 4.68 Å². The third-order valence-corrected chi connectivity index (χ3v) is 7.13. The maximum atomic E-state index is 9.89.